The van der Waals surface area contributed by atoms with Gasteiger partial charge in [0.1, 0.15) is 11.9 Å². The highest BCUT2D eigenvalue weighted by Gasteiger charge is 2.14. The van der Waals surface area contributed by atoms with Crippen LogP contribution in [0.2, 0.25) is 0 Å². The highest BCUT2D eigenvalue weighted by Crippen LogP contribution is 2.30. The van der Waals surface area contributed by atoms with Crippen molar-refractivity contribution < 1.29 is 4.74 Å². The molecule has 22 heavy (non-hydrogen) atoms. The molecule has 3 heteroatoms. The highest BCUT2D eigenvalue weighted by atomic mass is 16.5. The fraction of sp³-hybridized carbons (Fsp3) is 0.211. The van der Waals surface area contributed by atoms with Gasteiger partial charge in [-0.1, -0.05) is 36.4 Å². The summed E-state index contributed by atoms with van der Waals surface area (Å²) < 4.78 is 6.34. The van der Waals surface area contributed by atoms with Crippen molar-refractivity contribution in [2.24, 2.45) is 0 Å². The summed E-state index contributed by atoms with van der Waals surface area (Å²) in [5.41, 5.74) is 2.15. The molecule has 0 aliphatic heterocycles. The molecular formula is C19H20N2O. The van der Waals surface area contributed by atoms with Crippen LogP contribution in [0.3, 0.4) is 0 Å². The van der Waals surface area contributed by atoms with E-state index in [1.165, 1.54) is 5.56 Å². The van der Waals surface area contributed by atoms with E-state index in [1.807, 2.05) is 43.6 Å². The molecule has 0 saturated heterocycles. The van der Waals surface area contributed by atoms with E-state index in [0.717, 1.165) is 29.6 Å². The number of hydrogen-bond acceptors (Lipinski definition) is 3. The Morgan fingerprint density at radius 1 is 1.00 bits per heavy atom. The van der Waals surface area contributed by atoms with E-state index in [0.29, 0.717) is 0 Å². The lowest BCUT2D eigenvalue weighted by Crippen LogP contribution is -2.16. The summed E-state index contributed by atoms with van der Waals surface area (Å²) in [6.07, 6.45) is 2.75. The molecule has 0 aliphatic rings. The lowest BCUT2D eigenvalue weighted by molar-refractivity contribution is 0.197. The van der Waals surface area contributed by atoms with Crippen LogP contribution in [-0.4, -0.2) is 18.6 Å². The first-order valence-electron chi connectivity index (χ1n) is 7.58. The first-order chi connectivity index (χ1) is 10.9. The maximum absolute atomic E-state index is 6.34. The van der Waals surface area contributed by atoms with Gasteiger partial charge in [-0.2, -0.15) is 0 Å². The first-order valence-corrected chi connectivity index (χ1v) is 7.58. The summed E-state index contributed by atoms with van der Waals surface area (Å²) >= 11 is 0. The Labute approximate surface area is 131 Å². The highest BCUT2D eigenvalue weighted by molar-refractivity contribution is 5.84. The molecule has 0 radical (unpaired) electrons. The maximum atomic E-state index is 6.34. The minimum absolute atomic E-state index is 0.0273. The normalized spacial score (nSPS) is 12.2. The van der Waals surface area contributed by atoms with Crippen molar-refractivity contribution in [1.29, 1.82) is 0 Å². The van der Waals surface area contributed by atoms with E-state index in [4.69, 9.17) is 4.74 Å². The minimum atomic E-state index is 0.0273. The number of nitrogens with one attached hydrogen (secondary N) is 1. The molecule has 112 valence electrons. The van der Waals surface area contributed by atoms with Gasteiger partial charge in [-0.3, -0.25) is 4.98 Å². The van der Waals surface area contributed by atoms with Gasteiger partial charge < -0.3 is 10.1 Å². The van der Waals surface area contributed by atoms with Crippen LogP contribution in [0, 0.1) is 0 Å². The molecule has 0 saturated carbocycles. The second kappa shape index (κ2) is 7.05. The molecule has 0 spiro atoms. The van der Waals surface area contributed by atoms with Crippen molar-refractivity contribution >= 4 is 10.9 Å². The Morgan fingerprint density at radius 3 is 2.68 bits per heavy atom. The van der Waals surface area contributed by atoms with Crippen LogP contribution in [0.4, 0.5) is 0 Å². The van der Waals surface area contributed by atoms with Gasteiger partial charge in [-0.25, -0.2) is 0 Å². The van der Waals surface area contributed by atoms with E-state index < -0.39 is 0 Å². The molecule has 1 aromatic heterocycles. The minimum Gasteiger partial charge on any atom is -0.485 e. The zero-order chi connectivity index (χ0) is 15.2. The van der Waals surface area contributed by atoms with Crippen molar-refractivity contribution in [2.45, 2.75) is 12.5 Å². The zero-order valence-electron chi connectivity index (χ0n) is 12.7. The molecule has 0 aliphatic carbocycles. The van der Waals surface area contributed by atoms with Crippen LogP contribution < -0.4 is 10.1 Å². The predicted octanol–water partition coefficient (Wildman–Crippen LogP) is 3.96. The molecule has 1 N–H and O–H groups in total. The van der Waals surface area contributed by atoms with Gasteiger partial charge in [0.05, 0.1) is 5.52 Å². The average molecular weight is 292 g/mol. The first kappa shape index (κ1) is 14.5. The summed E-state index contributed by atoms with van der Waals surface area (Å²) in [4.78, 5) is 4.39. The molecule has 1 atom stereocenters. The summed E-state index contributed by atoms with van der Waals surface area (Å²) in [6.45, 7) is 0.905. The van der Waals surface area contributed by atoms with Crippen LogP contribution in [0.15, 0.2) is 66.9 Å². The molecule has 1 heterocycles. The van der Waals surface area contributed by atoms with E-state index in [-0.39, 0.29) is 6.10 Å². The van der Waals surface area contributed by atoms with Gasteiger partial charge in [-0.15, -0.1) is 0 Å². The number of nitrogens with zero attached hydrogens (tertiary/aromatic N) is 1. The van der Waals surface area contributed by atoms with Crippen molar-refractivity contribution in [2.75, 3.05) is 13.6 Å². The Balaban J connectivity index is 1.92. The summed E-state index contributed by atoms with van der Waals surface area (Å²) in [7, 11) is 1.96. The molecule has 0 unspecified atom stereocenters. The van der Waals surface area contributed by atoms with Crippen LogP contribution >= 0.6 is 0 Å². The lowest BCUT2D eigenvalue weighted by atomic mass is 10.1. The summed E-state index contributed by atoms with van der Waals surface area (Å²) in [6, 6.07) is 20.4. The number of pyridine rings is 1. The second-order valence-corrected chi connectivity index (χ2v) is 5.24. The number of rotatable bonds is 6. The smallest absolute Gasteiger partial charge is 0.129 e. The van der Waals surface area contributed by atoms with Gasteiger partial charge in [0.25, 0.3) is 0 Å². The van der Waals surface area contributed by atoms with Crippen molar-refractivity contribution in [3.05, 3.63) is 72.4 Å². The monoisotopic (exact) mass is 292 g/mol. The number of aromatic nitrogens is 1. The van der Waals surface area contributed by atoms with Gasteiger partial charge in [0.2, 0.25) is 0 Å². The second-order valence-electron chi connectivity index (χ2n) is 5.24. The standard InChI is InChI=1S/C19H20N2O/c1-20-14-12-18(15-7-3-2-4-8-15)22-19-11-5-10-17-16(19)9-6-13-21-17/h2-11,13,18,20H,12,14H2,1H3/t18-/m1/s1. The Morgan fingerprint density at radius 2 is 1.86 bits per heavy atom. The molecule has 0 bridgehead atoms. The third-order valence-electron chi connectivity index (χ3n) is 3.70. The predicted molar refractivity (Wildman–Crippen MR) is 90.1 cm³/mol. The third kappa shape index (κ3) is 3.26. The lowest BCUT2D eigenvalue weighted by Gasteiger charge is -2.20. The Kier molecular flexibility index (Phi) is 4.66. The quantitative estimate of drug-likeness (QED) is 0.746. The van der Waals surface area contributed by atoms with E-state index in [9.17, 15) is 0 Å². The SMILES string of the molecule is CNCC[C@@H](Oc1cccc2ncccc12)c1ccccc1. The molecule has 3 aromatic rings. The van der Waals surface area contributed by atoms with Crippen molar-refractivity contribution in [3.63, 3.8) is 0 Å². The molecule has 2 aromatic carbocycles. The average Bonchev–Trinajstić information content (AvgIpc) is 2.59. The number of benzene rings is 2. The number of fused-ring (bicyclic) bond motifs is 1. The molecule has 3 nitrogen and oxygen atoms in total. The van der Waals surface area contributed by atoms with E-state index in [2.05, 4.69) is 40.6 Å². The summed E-state index contributed by atoms with van der Waals surface area (Å²) in [5.74, 6) is 0.885. The van der Waals surface area contributed by atoms with Crippen LogP contribution in [0.5, 0.6) is 5.75 Å². The summed E-state index contributed by atoms with van der Waals surface area (Å²) in [5, 5.41) is 4.25. The van der Waals surface area contributed by atoms with E-state index >= 15 is 0 Å². The van der Waals surface area contributed by atoms with Gasteiger partial charge >= 0.3 is 0 Å². The third-order valence-corrected chi connectivity index (χ3v) is 3.70. The van der Waals surface area contributed by atoms with Crippen molar-refractivity contribution in [1.82, 2.24) is 10.3 Å². The molecule has 3 rings (SSSR count). The van der Waals surface area contributed by atoms with Gasteiger partial charge in [0.15, 0.2) is 0 Å². The Bertz CT molecular complexity index is 722. The largest absolute Gasteiger partial charge is 0.485 e. The Hall–Kier alpha value is -2.39. The maximum Gasteiger partial charge on any atom is 0.129 e. The molecule has 0 fully saturated rings. The van der Waals surface area contributed by atoms with Crippen LogP contribution in [-0.2, 0) is 0 Å². The van der Waals surface area contributed by atoms with E-state index in [1.54, 1.807) is 0 Å². The van der Waals surface area contributed by atoms with Crippen molar-refractivity contribution in [3.8, 4) is 5.75 Å². The fourth-order valence-electron chi connectivity index (χ4n) is 2.57. The zero-order valence-corrected chi connectivity index (χ0v) is 12.7. The topological polar surface area (TPSA) is 34.1 Å². The van der Waals surface area contributed by atoms with Gasteiger partial charge in [-0.05, 0) is 43.4 Å². The number of hydrogen-bond donors (Lipinski definition) is 1. The fourth-order valence-corrected chi connectivity index (χ4v) is 2.57. The molecule has 0 amide bonds. The molecular weight excluding hydrogens is 272 g/mol. The van der Waals surface area contributed by atoms with Gasteiger partial charge in [0, 0.05) is 18.0 Å². The van der Waals surface area contributed by atoms with Crippen LogP contribution in [0.25, 0.3) is 10.9 Å². The number of ether oxygens (including phenoxy) is 1. The van der Waals surface area contributed by atoms with Crippen LogP contribution in [0.1, 0.15) is 18.1 Å².